The molecule has 0 amide bonds. The third-order valence-electron chi connectivity index (χ3n) is 3.54. The van der Waals surface area contributed by atoms with Gasteiger partial charge in [-0.3, -0.25) is 4.40 Å². The van der Waals surface area contributed by atoms with Crippen LogP contribution in [0.4, 0.5) is 0 Å². The molecular formula is C14H21ClN4. The van der Waals surface area contributed by atoms with Gasteiger partial charge in [-0.1, -0.05) is 44.2 Å². The van der Waals surface area contributed by atoms with E-state index in [1.165, 1.54) is 25.7 Å². The maximum Gasteiger partial charge on any atom is 0.198 e. The van der Waals surface area contributed by atoms with E-state index in [0.29, 0.717) is 10.8 Å². The Kier molecular flexibility index (Phi) is 4.75. The van der Waals surface area contributed by atoms with Crippen LogP contribution in [0, 0.1) is 13.8 Å². The molecule has 19 heavy (non-hydrogen) atoms. The fraction of sp³-hybridized carbons (Fsp3) is 0.643. The van der Waals surface area contributed by atoms with Crippen molar-refractivity contribution in [1.82, 2.24) is 19.6 Å². The van der Waals surface area contributed by atoms with Gasteiger partial charge in [0.15, 0.2) is 10.8 Å². The van der Waals surface area contributed by atoms with Gasteiger partial charge in [0.25, 0.3) is 0 Å². The number of hydrogen-bond donors (Lipinski definition) is 0. The van der Waals surface area contributed by atoms with E-state index >= 15 is 0 Å². The maximum absolute atomic E-state index is 6.12. The van der Waals surface area contributed by atoms with E-state index in [0.717, 1.165) is 30.1 Å². The molecule has 2 heterocycles. The fourth-order valence-electron chi connectivity index (χ4n) is 2.29. The van der Waals surface area contributed by atoms with E-state index in [-0.39, 0.29) is 0 Å². The van der Waals surface area contributed by atoms with Gasteiger partial charge in [0.05, 0.1) is 5.69 Å². The van der Waals surface area contributed by atoms with Gasteiger partial charge < -0.3 is 0 Å². The molecule has 4 nitrogen and oxygen atoms in total. The van der Waals surface area contributed by atoms with E-state index in [4.69, 9.17) is 11.6 Å². The van der Waals surface area contributed by atoms with Crippen molar-refractivity contribution < 1.29 is 0 Å². The zero-order valence-corrected chi connectivity index (χ0v) is 12.7. The highest BCUT2D eigenvalue weighted by molar-refractivity contribution is 6.32. The topological polar surface area (TPSA) is 43.1 Å². The van der Waals surface area contributed by atoms with Gasteiger partial charge in [0.2, 0.25) is 0 Å². The second-order valence-corrected chi connectivity index (χ2v) is 5.37. The van der Waals surface area contributed by atoms with Gasteiger partial charge in [-0.15, -0.1) is 10.2 Å². The average Bonchev–Trinajstić information content (AvgIpc) is 2.80. The van der Waals surface area contributed by atoms with Crippen LogP contribution in [0.15, 0.2) is 0 Å². The predicted octanol–water partition coefficient (Wildman–Crippen LogP) is 3.91. The van der Waals surface area contributed by atoms with Gasteiger partial charge in [-0.25, -0.2) is 4.98 Å². The number of aryl methyl sites for hydroxylation is 3. The minimum atomic E-state index is 0.438. The Hall–Kier alpha value is -1.16. The van der Waals surface area contributed by atoms with Gasteiger partial charge in [0.1, 0.15) is 5.82 Å². The molecule has 0 aliphatic heterocycles. The van der Waals surface area contributed by atoms with E-state index in [1.807, 2.05) is 18.2 Å². The predicted molar refractivity (Wildman–Crippen MR) is 77.7 cm³/mol. The quantitative estimate of drug-likeness (QED) is 0.754. The van der Waals surface area contributed by atoms with Crippen LogP contribution < -0.4 is 0 Å². The summed E-state index contributed by atoms with van der Waals surface area (Å²) in [7, 11) is 0. The molecule has 0 aromatic carbocycles. The highest BCUT2D eigenvalue weighted by Crippen LogP contribution is 2.19. The van der Waals surface area contributed by atoms with Gasteiger partial charge in [-0.05, 0) is 20.3 Å². The number of nitrogens with zero attached hydrogens (tertiary/aromatic N) is 4. The Morgan fingerprint density at radius 3 is 2.53 bits per heavy atom. The summed E-state index contributed by atoms with van der Waals surface area (Å²) in [6.07, 6.45) is 7.24. The van der Waals surface area contributed by atoms with Crippen LogP contribution in [0.3, 0.4) is 0 Å². The van der Waals surface area contributed by atoms with E-state index < -0.39 is 0 Å². The number of halogens is 1. The van der Waals surface area contributed by atoms with Crippen molar-refractivity contribution >= 4 is 17.2 Å². The summed E-state index contributed by atoms with van der Waals surface area (Å²) >= 11 is 6.12. The number of aromatic nitrogens is 4. The van der Waals surface area contributed by atoms with Crippen LogP contribution in [0.25, 0.3) is 5.65 Å². The molecule has 2 aromatic rings. The van der Waals surface area contributed by atoms with Crippen molar-refractivity contribution in [2.45, 2.75) is 59.3 Å². The highest BCUT2D eigenvalue weighted by atomic mass is 35.5. The van der Waals surface area contributed by atoms with E-state index in [9.17, 15) is 0 Å². The zero-order valence-electron chi connectivity index (χ0n) is 11.9. The third-order valence-corrected chi connectivity index (χ3v) is 3.80. The number of unbranched alkanes of at least 4 members (excludes halogenated alkanes) is 4. The molecule has 0 aliphatic carbocycles. The maximum atomic E-state index is 6.12. The first-order valence-corrected chi connectivity index (χ1v) is 7.39. The summed E-state index contributed by atoms with van der Waals surface area (Å²) in [5, 5.41) is 8.86. The van der Waals surface area contributed by atoms with Crippen LogP contribution in [0.5, 0.6) is 0 Å². The Bertz CT molecular complexity index is 562. The lowest BCUT2D eigenvalue weighted by molar-refractivity contribution is 0.619. The summed E-state index contributed by atoms with van der Waals surface area (Å²) < 4.78 is 2.05. The van der Waals surface area contributed by atoms with Crippen LogP contribution in [-0.4, -0.2) is 19.6 Å². The van der Waals surface area contributed by atoms with Gasteiger partial charge in [0, 0.05) is 12.1 Å². The summed E-state index contributed by atoms with van der Waals surface area (Å²) in [4.78, 5) is 4.28. The molecule has 0 saturated carbocycles. The molecule has 0 atom stereocenters. The lowest BCUT2D eigenvalue weighted by Gasteiger charge is -2.07. The monoisotopic (exact) mass is 280 g/mol. The molecule has 0 radical (unpaired) electrons. The molecule has 0 bridgehead atoms. The molecular weight excluding hydrogens is 260 g/mol. The lowest BCUT2D eigenvalue weighted by Crippen LogP contribution is -2.03. The Morgan fingerprint density at radius 2 is 1.79 bits per heavy atom. The molecule has 2 aromatic heterocycles. The minimum absolute atomic E-state index is 0.438. The van der Waals surface area contributed by atoms with Crippen LogP contribution in [0.2, 0.25) is 5.15 Å². The first kappa shape index (κ1) is 14.3. The minimum Gasteiger partial charge on any atom is -0.279 e. The van der Waals surface area contributed by atoms with Crippen LogP contribution in [-0.2, 0) is 6.42 Å². The largest absolute Gasteiger partial charge is 0.279 e. The third kappa shape index (κ3) is 3.06. The molecule has 0 aliphatic rings. The van der Waals surface area contributed by atoms with E-state index in [2.05, 4.69) is 22.1 Å². The molecule has 0 N–H and O–H groups in total. The highest BCUT2D eigenvalue weighted by Gasteiger charge is 2.13. The smallest absolute Gasteiger partial charge is 0.198 e. The molecule has 0 unspecified atom stereocenters. The summed E-state index contributed by atoms with van der Waals surface area (Å²) in [6.45, 7) is 6.23. The van der Waals surface area contributed by atoms with Gasteiger partial charge >= 0.3 is 0 Å². The number of fused-ring (bicyclic) bond motifs is 1. The van der Waals surface area contributed by atoms with Crippen molar-refractivity contribution in [3.63, 3.8) is 0 Å². The fourth-order valence-corrected chi connectivity index (χ4v) is 2.54. The number of rotatable bonds is 6. The molecule has 0 saturated heterocycles. The first-order chi connectivity index (χ1) is 9.15. The van der Waals surface area contributed by atoms with Crippen LogP contribution >= 0.6 is 11.6 Å². The molecule has 2 rings (SSSR count). The summed E-state index contributed by atoms with van der Waals surface area (Å²) in [5.41, 5.74) is 2.69. The number of hydrogen-bond acceptors (Lipinski definition) is 3. The lowest BCUT2D eigenvalue weighted by atomic mass is 10.1. The van der Waals surface area contributed by atoms with Crippen molar-refractivity contribution in [2.75, 3.05) is 0 Å². The van der Waals surface area contributed by atoms with Gasteiger partial charge in [-0.2, -0.15) is 0 Å². The average molecular weight is 281 g/mol. The SMILES string of the molecule is CCCCCCCc1nnc2c(Cl)nc(C)c(C)n12. The van der Waals surface area contributed by atoms with Crippen molar-refractivity contribution in [2.24, 2.45) is 0 Å². The second-order valence-electron chi connectivity index (χ2n) is 5.01. The van der Waals surface area contributed by atoms with Crippen LogP contribution in [0.1, 0.15) is 56.2 Å². The Morgan fingerprint density at radius 1 is 1.05 bits per heavy atom. The standard InChI is InChI=1S/C14H21ClN4/c1-4-5-6-7-8-9-12-17-18-14-13(15)16-10(2)11(3)19(12)14/h4-9H2,1-3H3. The molecule has 5 heteroatoms. The Labute approximate surface area is 119 Å². The summed E-state index contributed by atoms with van der Waals surface area (Å²) in [5.74, 6) is 0.997. The van der Waals surface area contributed by atoms with Crippen molar-refractivity contribution in [1.29, 1.82) is 0 Å². The second kappa shape index (κ2) is 6.33. The van der Waals surface area contributed by atoms with E-state index in [1.54, 1.807) is 0 Å². The van der Waals surface area contributed by atoms with Crippen molar-refractivity contribution in [3.8, 4) is 0 Å². The zero-order chi connectivity index (χ0) is 13.8. The molecule has 0 spiro atoms. The normalized spacial score (nSPS) is 11.4. The molecule has 0 fully saturated rings. The first-order valence-electron chi connectivity index (χ1n) is 7.01. The molecule has 104 valence electrons. The summed E-state index contributed by atoms with van der Waals surface area (Å²) in [6, 6.07) is 0. The Balaban J connectivity index is 2.16. The van der Waals surface area contributed by atoms with Crippen molar-refractivity contribution in [3.05, 3.63) is 22.4 Å².